The molecule has 1 heterocycles. The number of quaternary nitrogens is 1. The average Bonchev–Trinajstić information content (AvgIpc) is 2.44. The lowest BCUT2D eigenvalue weighted by Gasteiger charge is -2.23. The molecule has 0 aromatic rings. The van der Waals surface area contributed by atoms with Gasteiger partial charge >= 0.3 is 0 Å². The van der Waals surface area contributed by atoms with Gasteiger partial charge in [0.15, 0.2) is 0 Å². The van der Waals surface area contributed by atoms with E-state index in [1.807, 2.05) is 13.8 Å². The largest absolute Gasteiger partial charge is 0.328 e. The van der Waals surface area contributed by atoms with Crippen molar-refractivity contribution in [2.24, 2.45) is 11.8 Å². The zero-order chi connectivity index (χ0) is 10.5. The molecule has 0 spiro atoms. The highest BCUT2D eigenvalue weighted by Gasteiger charge is 2.37. The van der Waals surface area contributed by atoms with Gasteiger partial charge in [0.05, 0.1) is 27.2 Å². The summed E-state index contributed by atoms with van der Waals surface area (Å²) >= 11 is 0. The monoisotopic (exact) mass is 186 g/mol. The predicted molar refractivity (Wildman–Crippen MR) is 60.8 cm³/mol. The van der Waals surface area contributed by atoms with Gasteiger partial charge in [-0.3, -0.25) is 0 Å². The summed E-state index contributed by atoms with van der Waals surface area (Å²) in [5.74, 6) is 1.99. The second kappa shape index (κ2) is 5.64. The summed E-state index contributed by atoms with van der Waals surface area (Å²) in [6.07, 6.45) is 2.75. The third kappa shape index (κ3) is 3.68. The Morgan fingerprint density at radius 3 is 1.46 bits per heavy atom. The van der Waals surface area contributed by atoms with E-state index < -0.39 is 0 Å². The first-order valence-corrected chi connectivity index (χ1v) is 5.91. The molecule has 1 aliphatic heterocycles. The lowest BCUT2D eigenvalue weighted by Crippen LogP contribution is -2.36. The molecule has 0 bridgehead atoms. The molecule has 0 aliphatic carbocycles. The summed E-state index contributed by atoms with van der Waals surface area (Å²) in [4.78, 5) is 0. The van der Waals surface area contributed by atoms with Crippen molar-refractivity contribution < 1.29 is 4.48 Å². The number of rotatable bonds is 2. The van der Waals surface area contributed by atoms with Gasteiger partial charge in [-0.2, -0.15) is 0 Å². The Hall–Kier alpha value is -0.0400. The summed E-state index contributed by atoms with van der Waals surface area (Å²) in [7, 11) is 4.72. The SMILES string of the molecule is CC.CCC1C[N+](C)(C)CC1CC. The molecule has 1 nitrogen and oxygen atoms in total. The molecule has 80 valence electrons. The normalized spacial score (nSPS) is 30.9. The van der Waals surface area contributed by atoms with Crippen molar-refractivity contribution in [1.82, 2.24) is 0 Å². The zero-order valence-corrected chi connectivity index (χ0v) is 10.4. The highest BCUT2D eigenvalue weighted by molar-refractivity contribution is 4.73. The minimum atomic E-state index is 0.995. The van der Waals surface area contributed by atoms with Gasteiger partial charge in [-0.25, -0.2) is 0 Å². The molecule has 2 unspecified atom stereocenters. The van der Waals surface area contributed by atoms with E-state index in [2.05, 4.69) is 27.9 Å². The van der Waals surface area contributed by atoms with Crippen LogP contribution in [0.2, 0.25) is 0 Å². The Labute approximate surface area is 84.7 Å². The van der Waals surface area contributed by atoms with Gasteiger partial charge in [-0.05, 0) is 12.8 Å². The van der Waals surface area contributed by atoms with Crippen LogP contribution in [0, 0.1) is 11.8 Å². The Morgan fingerprint density at radius 2 is 1.23 bits per heavy atom. The first-order chi connectivity index (χ1) is 6.09. The Morgan fingerprint density at radius 1 is 0.923 bits per heavy atom. The summed E-state index contributed by atoms with van der Waals surface area (Å²) in [5, 5.41) is 0. The molecular weight excluding hydrogens is 158 g/mol. The summed E-state index contributed by atoms with van der Waals surface area (Å²) < 4.78 is 1.25. The fraction of sp³-hybridized carbons (Fsp3) is 1.00. The van der Waals surface area contributed by atoms with Crippen LogP contribution < -0.4 is 0 Å². The molecule has 2 atom stereocenters. The minimum absolute atomic E-state index is 0.995. The topological polar surface area (TPSA) is 0 Å². The molecule has 0 amide bonds. The molecule has 0 aromatic carbocycles. The molecule has 0 saturated carbocycles. The van der Waals surface area contributed by atoms with Gasteiger partial charge in [-0.1, -0.05) is 27.7 Å². The maximum atomic E-state index is 2.36. The summed E-state index contributed by atoms with van der Waals surface area (Å²) in [6, 6.07) is 0. The van der Waals surface area contributed by atoms with Crippen LogP contribution in [0.1, 0.15) is 40.5 Å². The van der Waals surface area contributed by atoms with Crippen molar-refractivity contribution in [2.75, 3.05) is 27.2 Å². The van der Waals surface area contributed by atoms with E-state index in [1.165, 1.54) is 30.4 Å². The van der Waals surface area contributed by atoms with E-state index in [0.717, 1.165) is 11.8 Å². The highest BCUT2D eigenvalue weighted by Crippen LogP contribution is 2.30. The quantitative estimate of drug-likeness (QED) is 0.581. The standard InChI is InChI=1S/C10H22N.C2H6/c1-5-9-7-11(3,4)8-10(9)6-2;1-2/h9-10H,5-8H2,1-4H3;1-2H3/q+1;. The Balaban J connectivity index is 0.000000671. The van der Waals surface area contributed by atoms with Crippen LogP contribution in [-0.4, -0.2) is 31.7 Å². The molecule has 13 heavy (non-hydrogen) atoms. The van der Waals surface area contributed by atoms with E-state index in [-0.39, 0.29) is 0 Å². The third-order valence-corrected chi connectivity index (χ3v) is 3.17. The molecule has 0 aromatic heterocycles. The maximum absolute atomic E-state index is 2.36. The maximum Gasteiger partial charge on any atom is 0.0815 e. The van der Waals surface area contributed by atoms with Crippen molar-refractivity contribution in [3.05, 3.63) is 0 Å². The number of hydrogen-bond acceptors (Lipinski definition) is 0. The predicted octanol–water partition coefficient (Wildman–Crippen LogP) is 3.16. The second-order valence-corrected chi connectivity index (χ2v) is 4.64. The van der Waals surface area contributed by atoms with Crippen molar-refractivity contribution in [3.8, 4) is 0 Å². The molecule has 1 aliphatic rings. The lowest BCUT2D eigenvalue weighted by atomic mass is 9.92. The van der Waals surface area contributed by atoms with Gasteiger partial charge in [0, 0.05) is 11.8 Å². The zero-order valence-electron chi connectivity index (χ0n) is 10.4. The van der Waals surface area contributed by atoms with Crippen LogP contribution in [0.4, 0.5) is 0 Å². The second-order valence-electron chi connectivity index (χ2n) is 4.64. The van der Waals surface area contributed by atoms with Crippen LogP contribution >= 0.6 is 0 Å². The minimum Gasteiger partial charge on any atom is -0.328 e. The average molecular weight is 186 g/mol. The third-order valence-electron chi connectivity index (χ3n) is 3.17. The van der Waals surface area contributed by atoms with Gasteiger partial charge in [0.2, 0.25) is 0 Å². The van der Waals surface area contributed by atoms with Gasteiger partial charge in [0.1, 0.15) is 0 Å². The van der Waals surface area contributed by atoms with Crippen molar-refractivity contribution >= 4 is 0 Å². The summed E-state index contributed by atoms with van der Waals surface area (Å²) in [6.45, 7) is 11.5. The van der Waals surface area contributed by atoms with E-state index in [4.69, 9.17) is 0 Å². The van der Waals surface area contributed by atoms with E-state index in [0.29, 0.717) is 0 Å². The van der Waals surface area contributed by atoms with Crippen molar-refractivity contribution in [2.45, 2.75) is 40.5 Å². The fourth-order valence-electron chi connectivity index (χ4n) is 2.57. The fourth-order valence-corrected chi connectivity index (χ4v) is 2.57. The van der Waals surface area contributed by atoms with E-state index in [1.54, 1.807) is 0 Å². The van der Waals surface area contributed by atoms with Crippen LogP contribution in [0.5, 0.6) is 0 Å². The number of nitrogens with zero attached hydrogens (tertiary/aromatic N) is 1. The van der Waals surface area contributed by atoms with Crippen LogP contribution in [0.15, 0.2) is 0 Å². The number of likely N-dealkylation sites (tertiary alicyclic amines) is 1. The smallest absolute Gasteiger partial charge is 0.0815 e. The van der Waals surface area contributed by atoms with Gasteiger partial charge in [0.25, 0.3) is 0 Å². The van der Waals surface area contributed by atoms with Crippen LogP contribution in [-0.2, 0) is 0 Å². The van der Waals surface area contributed by atoms with Crippen molar-refractivity contribution in [1.29, 1.82) is 0 Å². The highest BCUT2D eigenvalue weighted by atomic mass is 15.3. The van der Waals surface area contributed by atoms with Gasteiger partial charge in [-0.15, -0.1) is 0 Å². The Bertz CT molecular complexity index is 115. The van der Waals surface area contributed by atoms with Crippen LogP contribution in [0.3, 0.4) is 0 Å². The lowest BCUT2D eigenvalue weighted by molar-refractivity contribution is -0.880. The Kier molecular flexibility index (Phi) is 5.62. The first kappa shape index (κ1) is 13.0. The molecule has 1 saturated heterocycles. The molecular formula is C12H28N+. The van der Waals surface area contributed by atoms with Crippen LogP contribution in [0.25, 0.3) is 0 Å². The molecule has 1 rings (SSSR count). The molecule has 1 heteroatoms. The van der Waals surface area contributed by atoms with E-state index in [9.17, 15) is 0 Å². The summed E-state index contributed by atoms with van der Waals surface area (Å²) in [5.41, 5.74) is 0. The van der Waals surface area contributed by atoms with Gasteiger partial charge < -0.3 is 4.48 Å². The molecule has 0 N–H and O–H groups in total. The molecule has 0 radical (unpaired) electrons. The van der Waals surface area contributed by atoms with Crippen molar-refractivity contribution in [3.63, 3.8) is 0 Å². The number of hydrogen-bond donors (Lipinski definition) is 0. The molecule has 1 fully saturated rings. The first-order valence-electron chi connectivity index (χ1n) is 5.91. The van der Waals surface area contributed by atoms with E-state index >= 15 is 0 Å².